The first-order valence-electron chi connectivity index (χ1n) is 7.23. The number of aryl methyl sites for hydroxylation is 1. The van der Waals surface area contributed by atoms with Crippen molar-refractivity contribution >= 4 is 22.4 Å². The Hall–Kier alpha value is -1.65. The summed E-state index contributed by atoms with van der Waals surface area (Å²) in [5.41, 5.74) is 2.40. The van der Waals surface area contributed by atoms with Gasteiger partial charge in [0.1, 0.15) is 5.82 Å². The van der Waals surface area contributed by atoms with E-state index in [1.807, 2.05) is 17.4 Å². The van der Waals surface area contributed by atoms with Gasteiger partial charge in [-0.25, -0.2) is 4.98 Å². The average molecular weight is 299 g/mol. The second kappa shape index (κ2) is 5.62. The highest BCUT2D eigenvalue weighted by molar-refractivity contribution is 7.10. The SMILES string of the molecule is Cn1c(CNCC(C)(C)c2cccs2)nc2ccccc21. The quantitative estimate of drug-likeness (QED) is 0.778. The van der Waals surface area contributed by atoms with Crippen LogP contribution in [0, 0.1) is 0 Å². The summed E-state index contributed by atoms with van der Waals surface area (Å²) in [6.45, 7) is 6.29. The van der Waals surface area contributed by atoms with Crippen LogP contribution in [0.5, 0.6) is 0 Å². The average Bonchev–Trinajstić information content (AvgIpc) is 3.09. The Morgan fingerprint density at radius 1 is 1.19 bits per heavy atom. The number of nitrogens with one attached hydrogen (secondary N) is 1. The fraction of sp³-hybridized carbons (Fsp3) is 0.353. The molecule has 0 fully saturated rings. The van der Waals surface area contributed by atoms with Gasteiger partial charge in [0, 0.05) is 23.9 Å². The van der Waals surface area contributed by atoms with E-state index in [4.69, 9.17) is 4.98 Å². The largest absolute Gasteiger partial charge is 0.330 e. The summed E-state index contributed by atoms with van der Waals surface area (Å²) in [4.78, 5) is 6.11. The maximum absolute atomic E-state index is 4.70. The number of thiophene rings is 1. The first-order valence-corrected chi connectivity index (χ1v) is 8.11. The summed E-state index contributed by atoms with van der Waals surface area (Å²) in [6, 6.07) is 12.6. The van der Waals surface area contributed by atoms with Gasteiger partial charge >= 0.3 is 0 Å². The minimum atomic E-state index is 0.152. The molecule has 3 nitrogen and oxygen atoms in total. The van der Waals surface area contributed by atoms with E-state index >= 15 is 0 Å². The second-order valence-electron chi connectivity index (χ2n) is 6.04. The molecule has 21 heavy (non-hydrogen) atoms. The molecular formula is C17H21N3S. The predicted molar refractivity (Wildman–Crippen MR) is 89.8 cm³/mol. The molecule has 0 unspecified atom stereocenters. The van der Waals surface area contributed by atoms with Crippen LogP contribution in [0.2, 0.25) is 0 Å². The van der Waals surface area contributed by atoms with Crippen molar-refractivity contribution in [2.75, 3.05) is 6.54 Å². The van der Waals surface area contributed by atoms with Crippen LogP contribution in [-0.4, -0.2) is 16.1 Å². The van der Waals surface area contributed by atoms with E-state index in [0.717, 1.165) is 24.4 Å². The summed E-state index contributed by atoms with van der Waals surface area (Å²) in [5, 5.41) is 5.70. The van der Waals surface area contributed by atoms with Crippen molar-refractivity contribution in [3.8, 4) is 0 Å². The molecule has 110 valence electrons. The Morgan fingerprint density at radius 2 is 2.00 bits per heavy atom. The molecule has 0 saturated carbocycles. The summed E-state index contributed by atoms with van der Waals surface area (Å²) in [7, 11) is 2.08. The standard InChI is InChI=1S/C17H21N3S/c1-17(2,15-9-6-10-21-15)12-18-11-16-19-13-7-4-5-8-14(13)20(16)3/h4-10,18H,11-12H2,1-3H3. The van der Waals surface area contributed by atoms with E-state index in [1.165, 1.54) is 10.4 Å². The van der Waals surface area contributed by atoms with Gasteiger partial charge in [-0.1, -0.05) is 32.0 Å². The lowest BCUT2D eigenvalue weighted by Crippen LogP contribution is -2.32. The number of imidazole rings is 1. The van der Waals surface area contributed by atoms with Crippen LogP contribution < -0.4 is 5.32 Å². The van der Waals surface area contributed by atoms with Gasteiger partial charge in [-0.2, -0.15) is 0 Å². The Bertz CT molecular complexity index is 726. The molecule has 3 aromatic rings. The van der Waals surface area contributed by atoms with Gasteiger partial charge in [0.05, 0.1) is 17.6 Å². The van der Waals surface area contributed by atoms with E-state index in [2.05, 4.69) is 66.5 Å². The zero-order valence-electron chi connectivity index (χ0n) is 12.8. The third-order valence-electron chi connectivity index (χ3n) is 3.92. The van der Waals surface area contributed by atoms with Gasteiger partial charge in [0.15, 0.2) is 0 Å². The highest BCUT2D eigenvalue weighted by atomic mass is 32.1. The lowest BCUT2D eigenvalue weighted by Gasteiger charge is -2.23. The maximum Gasteiger partial charge on any atom is 0.123 e. The topological polar surface area (TPSA) is 29.9 Å². The number of hydrogen-bond acceptors (Lipinski definition) is 3. The van der Waals surface area contributed by atoms with E-state index in [9.17, 15) is 0 Å². The molecule has 4 heteroatoms. The first kappa shape index (κ1) is 14.3. The molecule has 0 bridgehead atoms. The normalized spacial score (nSPS) is 12.1. The molecule has 0 aliphatic carbocycles. The molecule has 2 heterocycles. The monoisotopic (exact) mass is 299 g/mol. The number of para-hydroxylation sites is 2. The van der Waals surface area contributed by atoms with Gasteiger partial charge in [0.2, 0.25) is 0 Å². The van der Waals surface area contributed by atoms with Crippen LogP contribution in [-0.2, 0) is 19.0 Å². The molecule has 3 rings (SSSR count). The van der Waals surface area contributed by atoms with Crippen molar-refractivity contribution in [3.05, 3.63) is 52.5 Å². The molecule has 0 aliphatic heterocycles. The summed E-state index contributed by atoms with van der Waals surface area (Å²) < 4.78 is 2.17. The summed E-state index contributed by atoms with van der Waals surface area (Å²) in [6.07, 6.45) is 0. The number of fused-ring (bicyclic) bond motifs is 1. The van der Waals surface area contributed by atoms with Crippen molar-refractivity contribution in [3.63, 3.8) is 0 Å². The Morgan fingerprint density at radius 3 is 2.71 bits per heavy atom. The molecule has 0 saturated heterocycles. The van der Waals surface area contributed by atoms with Crippen molar-refractivity contribution in [2.45, 2.75) is 25.8 Å². The van der Waals surface area contributed by atoms with Gasteiger partial charge in [-0.05, 0) is 23.6 Å². The smallest absolute Gasteiger partial charge is 0.123 e. The van der Waals surface area contributed by atoms with Gasteiger partial charge in [-0.15, -0.1) is 11.3 Å². The lowest BCUT2D eigenvalue weighted by atomic mass is 9.91. The first-order chi connectivity index (χ1) is 10.1. The second-order valence-corrected chi connectivity index (χ2v) is 6.99. The van der Waals surface area contributed by atoms with Crippen LogP contribution in [0.15, 0.2) is 41.8 Å². The highest BCUT2D eigenvalue weighted by Crippen LogP contribution is 2.26. The van der Waals surface area contributed by atoms with E-state index in [0.29, 0.717) is 0 Å². The highest BCUT2D eigenvalue weighted by Gasteiger charge is 2.21. The molecule has 2 aromatic heterocycles. The minimum Gasteiger partial charge on any atom is -0.330 e. The van der Waals surface area contributed by atoms with E-state index < -0.39 is 0 Å². The molecule has 0 spiro atoms. The summed E-state index contributed by atoms with van der Waals surface area (Å²) >= 11 is 1.82. The van der Waals surface area contributed by atoms with Crippen LogP contribution in [0.1, 0.15) is 24.5 Å². The molecule has 0 radical (unpaired) electrons. The molecule has 1 aromatic carbocycles. The Balaban J connectivity index is 1.68. The van der Waals surface area contributed by atoms with E-state index in [1.54, 1.807) is 0 Å². The van der Waals surface area contributed by atoms with Crippen molar-refractivity contribution < 1.29 is 0 Å². The zero-order valence-corrected chi connectivity index (χ0v) is 13.6. The molecule has 0 atom stereocenters. The summed E-state index contributed by atoms with van der Waals surface area (Å²) in [5.74, 6) is 1.08. The van der Waals surface area contributed by atoms with Crippen LogP contribution in [0.3, 0.4) is 0 Å². The minimum absolute atomic E-state index is 0.152. The van der Waals surface area contributed by atoms with Crippen molar-refractivity contribution in [2.24, 2.45) is 7.05 Å². The molecule has 0 aliphatic rings. The lowest BCUT2D eigenvalue weighted by molar-refractivity contribution is 0.469. The Kier molecular flexibility index (Phi) is 3.83. The van der Waals surface area contributed by atoms with Crippen LogP contribution in [0.25, 0.3) is 11.0 Å². The fourth-order valence-electron chi connectivity index (χ4n) is 2.59. The molecule has 1 N–H and O–H groups in total. The fourth-order valence-corrected chi connectivity index (χ4v) is 3.44. The van der Waals surface area contributed by atoms with Crippen molar-refractivity contribution in [1.29, 1.82) is 0 Å². The number of aromatic nitrogens is 2. The van der Waals surface area contributed by atoms with E-state index in [-0.39, 0.29) is 5.41 Å². The maximum atomic E-state index is 4.70. The van der Waals surface area contributed by atoms with Gasteiger partial charge in [0.25, 0.3) is 0 Å². The molecule has 0 amide bonds. The van der Waals surface area contributed by atoms with Crippen LogP contribution in [0.4, 0.5) is 0 Å². The third-order valence-corrected chi connectivity index (χ3v) is 5.15. The number of benzene rings is 1. The number of nitrogens with zero attached hydrogens (tertiary/aromatic N) is 2. The van der Waals surface area contributed by atoms with Crippen molar-refractivity contribution in [1.82, 2.24) is 14.9 Å². The van der Waals surface area contributed by atoms with Gasteiger partial charge < -0.3 is 9.88 Å². The van der Waals surface area contributed by atoms with Gasteiger partial charge in [-0.3, -0.25) is 0 Å². The Labute approximate surface area is 129 Å². The van der Waals surface area contributed by atoms with Crippen LogP contribution >= 0.6 is 11.3 Å². The third kappa shape index (κ3) is 2.87. The number of rotatable bonds is 5. The number of hydrogen-bond donors (Lipinski definition) is 1. The zero-order chi connectivity index (χ0) is 14.9. The predicted octanol–water partition coefficient (Wildman–Crippen LogP) is 3.70. The molecular weight excluding hydrogens is 278 g/mol.